The second kappa shape index (κ2) is 5.00. The summed E-state index contributed by atoms with van der Waals surface area (Å²) in [5.74, 6) is 3.17. The Balaban J connectivity index is 1.66. The Kier molecular flexibility index (Phi) is 3.37. The largest absolute Gasteiger partial charge is 0.338 e. The summed E-state index contributed by atoms with van der Waals surface area (Å²) in [6.45, 7) is 6.83. The molecule has 2 heterocycles. The van der Waals surface area contributed by atoms with Crippen molar-refractivity contribution in [2.24, 2.45) is 5.92 Å². The molecule has 0 spiro atoms. The fourth-order valence-corrected chi connectivity index (χ4v) is 2.86. The zero-order chi connectivity index (χ0) is 12.5. The van der Waals surface area contributed by atoms with Crippen LogP contribution in [0.1, 0.15) is 69.6 Å². The van der Waals surface area contributed by atoms with Crippen LogP contribution >= 0.6 is 0 Å². The third-order valence-electron chi connectivity index (χ3n) is 4.43. The lowest BCUT2D eigenvalue weighted by Gasteiger charge is -2.34. The molecule has 1 aliphatic carbocycles. The van der Waals surface area contributed by atoms with E-state index < -0.39 is 0 Å². The van der Waals surface area contributed by atoms with Gasteiger partial charge in [-0.05, 0) is 45.1 Å². The van der Waals surface area contributed by atoms with Crippen LogP contribution in [0.25, 0.3) is 0 Å². The Labute approximate surface area is 109 Å². The molecule has 0 aromatic carbocycles. The fourth-order valence-electron chi connectivity index (χ4n) is 2.86. The third kappa shape index (κ3) is 2.44. The summed E-state index contributed by atoms with van der Waals surface area (Å²) in [4.78, 5) is 7.08. The molecule has 1 aromatic heterocycles. The highest BCUT2D eigenvalue weighted by atomic mass is 16.5. The Morgan fingerprint density at radius 1 is 1.39 bits per heavy atom. The average molecular weight is 249 g/mol. The fraction of sp³-hybridized carbons (Fsp3) is 0.857. The first kappa shape index (κ1) is 12.2. The molecule has 3 rings (SSSR count). The molecule has 0 bridgehead atoms. The first-order chi connectivity index (χ1) is 8.78. The highest BCUT2D eigenvalue weighted by Gasteiger charge is 2.31. The van der Waals surface area contributed by atoms with Gasteiger partial charge in [0, 0.05) is 12.5 Å². The van der Waals surface area contributed by atoms with E-state index in [9.17, 15) is 0 Å². The summed E-state index contributed by atoms with van der Waals surface area (Å²) in [5.41, 5.74) is 0. The van der Waals surface area contributed by atoms with E-state index in [0.717, 1.165) is 17.6 Å². The van der Waals surface area contributed by atoms with Crippen LogP contribution in [-0.4, -0.2) is 28.1 Å². The number of aromatic nitrogens is 2. The number of hydrogen-bond acceptors (Lipinski definition) is 4. The lowest BCUT2D eigenvalue weighted by atomic mass is 9.95. The van der Waals surface area contributed by atoms with E-state index in [1.807, 2.05) is 0 Å². The second-order valence-corrected chi connectivity index (χ2v) is 5.85. The summed E-state index contributed by atoms with van der Waals surface area (Å²) >= 11 is 0. The van der Waals surface area contributed by atoms with Gasteiger partial charge in [0.15, 0.2) is 5.82 Å². The molecule has 1 aliphatic heterocycles. The maximum Gasteiger partial charge on any atom is 0.243 e. The molecular formula is C14H23N3O. The maximum atomic E-state index is 5.45. The van der Waals surface area contributed by atoms with Crippen LogP contribution in [0.4, 0.5) is 0 Å². The SMILES string of the molecule is CC[C@@H]1CCCN([C@@H](C)c2nc(C3CC3)no2)C1. The van der Waals surface area contributed by atoms with Crippen molar-refractivity contribution in [1.29, 1.82) is 0 Å². The molecule has 100 valence electrons. The number of nitrogens with zero attached hydrogens (tertiary/aromatic N) is 3. The van der Waals surface area contributed by atoms with Gasteiger partial charge < -0.3 is 4.52 Å². The second-order valence-electron chi connectivity index (χ2n) is 5.85. The minimum absolute atomic E-state index is 0.277. The van der Waals surface area contributed by atoms with Gasteiger partial charge in [0.05, 0.1) is 6.04 Å². The van der Waals surface area contributed by atoms with Crippen LogP contribution < -0.4 is 0 Å². The molecule has 1 aromatic rings. The van der Waals surface area contributed by atoms with Gasteiger partial charge >= 0.3 is 0 Å². The van der Waals surface area contributed by atoms with Crippen LogP contribution in [-0.2, 0) is 0 Å². The first-order valence-electron chi connectivity index (χ1n) is 7.35. The number of rotatable bonds is 4. The quantitative estimate of drug-likeness (QED) is 0.822. The standard InChI is InChI=1S/C14H23N3O/c1-3-11-5-4-8-17(9-11)10(2)14-15-13(16-18-14)12-6-7-12/h10-12H,3-9H2,1-2H3/t10-,11+/m0/s1. The zero-order valence-corrected chi connectivity index (χ0v) is 11.4. The van der Waals surface area contributed by atoms with Crippen LogP contribution in [0.3, 0.4) is 0 Å². The first-order valence-corrected chi connectivity index (χ1v) is 7.35. The van der Waals surface area contributed by atoms with Gasteiger partial charge in [-0.2, -0.15) is 4.98 Å². The monoisotopic (exact) mass is 249 g/mol. The topological polar surface area (TPSA) is 42.2 Å². The summed E-state index contributed by atoms with van der Waals surface area (Å²) < 4.78 is 5.45. The number of piperidine rings is 1. The average Bonchev–Trinajstić information content (AvgIpc) is 3.16. The molecule has 18 heavy (non-hydrogen) atoms. The van der Waals surface area contributed by atoms with Gasteiger partial charge in [0.25, 0.3) is 0 Å². The van der Waals surface area contributed by atoms with Gasteiger partial charge in [-0.3, -0.25) is 4.90 Å². The predicted octanol–water partition coefficient (Wildman–Crippen LogP) is 3.13. The van der Waals surface area contributed by atoms with Gasteiger partial charge in [0.2, 0.25) is 5.89 Å². The van der Waals surface area contributed by atoms with Crippen LogP contribution in [0.2, 0.25) is 0 Å². The van der Waals surface area contributed by atoms with E-state index in [1.165, 1.54) is 45.2 Å². The van der Waals surface area contributed by atoms with Crippen molar-refractivity contribution in [1.82, 2.24) is 15.0 Å². The molecule has 2 atom stereocenters. The van der Waals surface area contributed by atoms with E-state index in [0.29, 0.717) is 5.92 Å². The molecule has 0 radical (unpaired) electrons. The van der Waals surface area contributed by atoms with Gasteiger partial charge in [-0.15, -0.1) is 0 Å². The van der Waals surface area contributed by atoms with Crippen LogP contribution in [0.15, 0.2) is 4.52 Å². The number of likely N-dealkylation sites (tertiary alicyclic amines) is 1. The van der Waals surface area contributed by atoms with Crippen molar-refractivity contribution < 1.29 is 4.52 Å². The molecule has 4 nitrogen and oxygen atoms in total. The molecule has 0 unspecified atom stereocenters. The number of hydrogen-bond donors (Lipinski definition) is 0. The Morgan fingerprint density at radius 3 is 2.94 bits per heavy atom. The van der Waals surface area contributed by atoms with Crippen molar-refractivity contribution >= 4 is 0 Å². The molecule has 0 N–H and O–H groups in total. The van der Waals surface area contributed by atoms with Crippen molar-refractivity contribution in [2.45, 2.75) is 57.9 Å². The summed E-state index contributed by atoms with van der Waals surface area (Å²) in [5, 5.41) is 4.12. The molecule has 2 aliphatic rings. The molecule has 0 amide bonds. The lowest BCUT2D eigenvalue weighted by molar-refractivity contribution is 0.109. The van der Waals surface area contributed by atoms with E-state index >= 15 is 0 Å². The van der Waals surface area contributed by atoms with Gasteiger partial charge in [-0.1, -0.05) is 18.5 Å². The van der Waals surface area contributed by atoms with Crippen molar-refractivity contribution in [3.05, 3.63) is 11.7 Å². The van der Waals surface area contributed by atoms with Crippen molar-refractivity contribution in [3.63, 3.8) is 0 Å². The lowest BCUT2D eigenvalue weighted by Crippen LogP contribution is -2.37. The highest BCUT2D eigenvalue weighted by Crippen LogP contribution is 2.38. The van der Waals surface area contributed by atoms with Gasteiger partial charge in [0.1, 0.15) is 0 Å². The maximum absolute atomic E-state index is 5.45. The molecule has 4 heteroatoms. The van der Waals surface area contributed by atoms with E-state index in [2.05, 4.69) is 28.9 Å². The zero-order valence-electron chi connectivity index (χ0n) is 11.4. The van der Waals surface area contributed by atoms with Crippen LogP contribution in [0, 0.1) is 5.92 Å². The molecule has 2 fully saturated rings. The van der Waals surface area contributed by atoms with Crippen LogP contribution in [0.5, 0.6) is 0 Å². The minimum Gasteiger partial charge on any atom is -0.338 e. The highest BCUT2D eigenvalue weighted by molar-refractivity contribution is 5.04. The predicted molar refractivity (Wildman–Crippen MR) is 69.3 cm³/mol. The van der Waals surface area contributed by atoms with E-state index in [-0.39, 0.29) is 6.04 Å². The summed E-state index contributed by atoms with van der Waals surface area (Å²) in [7, 11) is 0. The molecule has 1 saturated carbocycles. The van der Waals surface area contributed by atoms with Crippen molar-refractivity contribution in [3.8, 4) is 0 Å². The Hall–Kier alpha value is -0.900. The normalized spacial score (nSPS) is 27.3. The summed E-state index contributed by atoms with van der Waals surface area (Å²) in [6.07, 6.45) is 6.41. The van der Waals surface area contributed by atoms with E-state index in [1.54, 1.807) is 0 Å². The summed E-state index contributed by atoms with van der Waals surface area (Å²) in [6, 6.07) is 0.277. The Bertz CT molecular complexity index is 399. The van der Waals surface area contributed by atoms with E-state index in [4.69, 9.17) is 4.52 Å². The van der Waals surface area contributed by atoms with Crippen molar-refractivity contribution in [2.75, 3.05) is 13.1 Å². The smallest absolute Gasteiger partial charge is 0.243 e. The minimum atomic E-state index is 0.277. The molecule has 1 saturated heterocycles. The van der Waals surface area contributed by atoms with Gasteiger partial charge in [-0.25, -0.2) is 0 Å². The Morgan fingerprint density at radius 2 is 2.22 bits per heavy atom. The third-order valence-corrected chi connectivity index (χ3v) is 4.43. The molecular weight excluding hydrogens is 226 g/mol.